The van der Waals surface area contributed by atoms with Crippen LogP contribution in [0.3, 0.4) is 0 Å². The quantitative estimate of drug-likeness (QED) is 0.599. The van der Waals surface area contributed by atoms with Gasteiger partial charge in [-0.1, -0.05) is 42.5 Å². The first-order valence-electron chi connectivity index (χ1n) is 10.2. The van der Waals surface area contributed by atoms with Crippen molar-refractivity contribution in [2.24, 2.45) is 5.92 Å². The topological polar surface area (TPSA) is 47.5 Å². The van der Waals surface area contributed by atoms with E-state index in [4.69, 9.17) is 4.98 Å². The van der Waals surface area contributed by atoms with Crippen LogP contribution >= 0.6 is 0 Å². The average Bonchev–Trinajstić information content (AvgIpc) is 3.15. The molecule has 5 rings (SSSR count). The summed E-state index contributed by atoms with van der Waals surface area (Å²) in [5.74, 6) is 2.79. The van der Waals surface area contributed by atoms with Gasteiger partial charge in [-0.05, 0) is 49.8 Å². The van der Waals surface area contributed by atoms with E-state index < -0.39 is 0 Å². The van der Waals surface area contributed by atoms with Gasteiger partial charge in [0.1, 0.15) is 12.4 Å². The van der Waals surface area contributed by atoms with Crippen molar-refractivity contribution in [1.82, 2.24) is 19.6 Å². The van der Waals surface area contributed by atoms with Crippen LogP contribution in [0.4, 0.5) is 0 Å². The van der Waals surface area contributed by atoms with Crippen molar-refractivity contribution < 1.29 is 4.90 Å². The Balaban J connectivity index is 1.31. The second kappa shape index (κ2) is 7.32. The maximum Gasteiger partial charge on any atom is 0.194 e. The van der Waals surface area contributed by atoms with Gasteiger partial charge in [-0.15, -0.1) is 10.2 Å². The third-order valence-electron chi connectivity index (χ3n) is 6.07. The predicted molar refractivity (Wildman–Crippen MR) is 110 cm³/mol. The molecule has 3 heterocycles. The summed E-state index contributed by atoms with van der Waals surface area (Å²) in [6.07, 6.45) is 3.76. The first-order valence-corrected chi connectivity index (χ1v) is 10.2. The first kappa shape index (κ1) is 17.3. The van der Waals surface area contributed by atoms with Gasteiger partial charge < -0.3 is 4.90 Å². The van der Waals surface area contributed by atoms with Crippen LogP contribution in [0.15, 0.2) is 54.6 Å². The second-order valence-electron chi connectivity index (χ2n) is 8.01. The van der Waals surface area contributed by atoms with Crippen molar-refractivity contribution in [3.63, 3.8) is 0 Å². The highest BCUT2D eigenvalue weighted by molar-refractivity contribution is 5.91. The lowest BCUT2D eigenvalue weighted by molar-refractivity contribution is -0.920. The number of aryl methyl sites for hydroxylation is 1. The average molecular weight is 372 g/mol. The molecule has 1 N–H and O–H groups in total. The molecule has 1 aliphatic heterocycles. The van der Waals surface area contributed by atoms with Gasteiger partial charge in [-0.2, -0.15) is 0 Å². The van der Waals surface area contributed by atoms with Crippen molar-refractivity contribution in [1.29, 1.82) is 0 Å². The molecule has 0 aliphatic carbocycles. The van der Waals surface area contributed by atoms with Gasteiger partial charge in [0.05, 0.1) is 18.6 Å². The number of aromatic nitrogens is 4. The molecule has 5 heteroatoms. The smallest absolute Gasteiger partial charge is 0.194 e. The Bertz CT molecular complexity index is 1090. The van der Waals surface area contributed by atoms with E-state index in [1.165, 1.54) is 37.9 Å². The van der Waals surface area contributed by atoms with Crippen LogP contribution in [0.5, 0.6) is 0 Å². The van der Waals surface area contributed by atoms with Gasteiger partial charge in [0.15, 0.2) is 11.5 Å². The maximum absolute atomic E-state index is 4.76. The number of rotatable bonds is 4. The van der Waals surface area contributed by atoms with Crippen molar-refractivity contribution in [2.45, 2.75) is 32.7 Å². The fourth-order valence-corrected chi connectivity index (χ4v) is 4.57. The summed E-state index contributed by atoms with van der Waals surface area (Å²) in [6, 6.07) is 19.1. The van der Waals surface area contributed by atoms with Gasteiger partial charge in [0, 0.05) is 5.39 Å². The van der Waals surface area contributed by atoms with Crippen LogP contribution in [0, 0.1) is 12.8 Å². The van der Waals surface area contributed by atoms with E-state index in [1.54, 1.807) is 4.90 Å². The van der Waals surface area contributed by atoms with Crippen LogP contribution in [-0.2, 0) is 13.0 Å². The highest BCUT2D eigenvalue weighted by atomic mass is 15.3. The van der Waals surface area contributed by atoms with Crippen molar-refractivity contribution >= 4 is 16.6 Å². The number of hydrogen-bond acceptors (Lipinski definition) is 3. The monoisotopic (exact) mass is 372 g/mol. The third-order valence-corrected chi connectivity index (χ3v) is 6.07. The molecule has 1 fully saturated rings. The van der Waals surface area contributed by atoms with Gasteiger partial charge in [-0.3, -0.25) is 4.40 Å². The SMILES string of the molecule is Cc1nc2ccccc2c2nnc(C[NH+]3CCC(Cc4ccccc4)CC3)n12. The minimum Gasteiger partial charge on any atom is -0.329 e. The van der Waals surface area contributed by atoms with E-state index in [0.717, 1.165) is 40.7 Å². The van der Waals surface area contributed by atoms with Crippen molar-refractivity contribution in [3.05, 3.63) is 71.8 Å². The second-order valence-corrected chi connectivity index (χ2v) is 8.01. The zero-order chi connectivity index (χ0) is 18.9. The molecular weight excluding hydrogens is 346 g/mol. The molecule has 5 nitrogen and oxygen atoms in total. The minimum absolute atomic E-state index is 0.800. The molecule has 0 spiro atoms. The molecule has 1 saturated heterocycles. The largest absolute Gasteiger partial charge is 0.329 e. The maximum atomic E-state index is 4.76. The van der Waals surface area contributed by atoms with E-state index >= 15 is 0 Å². The molecule has 0 bridgehead atoms. The summed E-state index contributed by atoms with van der Waals surface area (Å²) < 4.78 is 2.14. The number of fused-ring (bicyclic) bond motifs is 3. The zero-order valence-corrected chi connectivity index (χ0v) is 16.3. The number of likely N-dealkylation sites (tertiary alicyclic amines) is 1. The third kappa shape index (κ3) is 3.27. The molecule has 0 saturated carbocycles. The zero-order valence-electron chi connectivity index (χ0n) is 16.3. The molecule has 0 unspecified atom stereocenters. The highest BCUT2D eigenvalue weighted by Gasteiger charge is 2.24. The Morgan fingerprint density at radius 2 is 1.71 bits per heavy atom. The normalized spacial score (nSPS) is 20.0. The molecule has 1 aliphatic rings. The van der Waals surface area contributed by atoms with E-state index in [1.807, 2.05) is 25.1 Å². The van der Waals surface area contributed by atoms with Gasteiger partial charge in [0.2, 0.25) is 0 Å². The minimum atomic E-state index is 0.800. The predicted octanol–water partition coefficient (Wildman–Crippen LogP) is 2.62. The van der Waals surface area contributed by atoms with Crippen molar-refractivity contribution in [3.8, 4) is 0 Å². The number of piperidine rings is 1. The lowest BCUT2D eigenvalue weighted by Crippen LogP contribution is -3.11. The first-order chi connectivity index (χ1) is 13.8. The van der Waals surface area contributed by atoms with Gasteiger partial charge in [-0.25, -0.2) is 4.98 Å². The van der Waals surface area contributed by atoms with E-state index in [0.29, 0.717) is 0 Å². The summed E-state index contributed by atoms with van der Waals surface area (Å²) in [7, 11) is 0. The summed E-state index contributed by atoms with van der Waals surface area (Å²) in [4.78, 5) is 6.37. The summed E-state index contributed by atoms with van der Waals surface area (Å²) >= 11 is 0. The highest BCUT2D eigenvalue weighted by Crippen LogP contribution is 2.19. The molecule has 0 radical (unpaired) electrons. The van der Waals surface area contributed by atoms with Gasteiger partial charge >= 0.3 is 0 Å². The number of hydrogen-bond donors (Lipinski definition) is 1. The number of quaternary nitrogens is 1. The van der Waals surface area contributed by atoms with Gasteiger partial charge in [0.25, 0.3) is 0 Å². The lowest BCUT2D eigenvalue weighted by Gasteiger charge is -2.29. The summed E-state index contributed by atoms with van der Waals surface area (Å²) in [5.41, 5.74) is 3.38. The Morgan fingerprint density at radius 3 is 2.54 bits per heavy atom. The van der Waals surface area contributed by atoms with E-state index in [9.17, 15) is 0 Å². The number of para-hydroxylation sites is 1. The van der Waals surface area contributed by atoms with Crippen LogP contribution in [0.2, 0.25) is 0 Å². The molecule has 0 amide bonds. The molecular formula is C23H26N5+. The van der Waals surface area contributed by atoms with E-state index in [-0.39, 0.29) is 0 Å². The lowest BCUT2D eigenvalue weighted by atomic mass is 9.90. The Morgan fingerprint density at radius 1 is 0.964 bits per heavy atom. The van der Waals surface area contributed by atoms with E-state index in [2.05, 4.69) is 51.0 Å². The molecule has 2 aromatic heterocycles. The number of benzene rings is 2. The van der Waals surface area contributed by atoms with Crippen LogP contribution in [0.25, 0.3) is 16.6 Å². The molecule has 4 aromatic rings. The number of nitrogens with one attached hydrogen (secondary N) is 1. The number of nitrogens with zero attached hydrogens (tertiary/aromatic N) is 4. The molecule has 28 heavy (non-hydrogen) atoms. The molecule has 142 valence electrons. The molecule has 2 aromatic carbocycles. The standard InChI is InChI=1S/C23H25N5/c1-17-24-21-10-6-5-9-20(21)23-26-25-22(28(17)23)16-27-13-11-19(12-14-27)15-18-7-3-2-4-8-18/h2-10,19H,11-16H2,1H3/p+1. The summed E-state index contributed by atoms with van der Waals surface area (Å²) in [5, 5.41) is 10.1. The fraction of sp³-hybridized carbons (Fsp3) is 0.348. The Hall–Kier alpha value is -2.79. The van der Waals surface area contributed by atoms with Crippen LogP contribution in [-0.4, -0.2) is 32.7 Å². The fourth-order valence-electron chi connectivity index (χ4n) is 4.57. The van der Waals surface area contributed by atoms with Crippen LogP contribution < -0.4 is 4.90 Å². The van der Waals surface area contributed by atoms with Crippen LogP contribution in [0.1, 0.15) is 30.1 Å². The van der Waals surface area contributed by atoms with Crippen molar-refractivity contribution in [2.75, 3.05) is 13.1 Å². The Labute approximate surface area is 165 Å². The Kier molecular flexibility index (Phi) is 4.53. The molecule has 0 atom stereocenters. The summed E-state index contributed by atoms with van der Waals surface area (Å²) in [6.45, 7) is 5.37.